The predicted octanol–water partition coefficient (Wildman–Crippen LogP) is 3.43. The van der Waals surface area contributed by atoms with Crippen molar-refractivity contribution in [2.24, 2.45) is 7.05 Å². The number of methoxy groups -OCH3 is 1. The molecule has 0 unspecified atom stereocenters. The average Bonchev–Trinajstić information content (AvgIpc) is 3.23. The van der Waals surface area contributed by atoms with Gasteiger partial charge < -0.3 is 13.7 Å². The van der Waals surface area contributed by atoms with E-state index in [2.05, 4.69) is 15.2 Å². The molecule has 4 rings (SSSR count). The summed E-state index contributed by atoms with van der Waals surface area (Å²) in [5.74, 6) is 2.41. The van der Waals surface area contributed by atoms with Crippen molar-refractivity contribution in [1.29, 1.82) is 0 Å². The van der Waals surface area contributed by atoms with E-state index in [4.69, 9.17) is 4.74 Å². The van der Waals surface area contributed by atoms with Crippen molar-refractivity contribution in [3.05, 3.63) is 60.6 Å². The van der Waals surface area contributed by atoms with Crippen LogP contribution in [0.2, 0.25) is 0 Å². The molecule has 1 aromatic carbocycles. The summed E-state index contributed by atoms with van der Waals surface area (Å²) in [6, 6.07) is 13.8. The summed E-state index contributed by atoms with van der Waals surface area (Å²) in [5.41, 5.74) is 2.98. The monoisotopic (exact) mass is 351 g/mol. The molecular weight excluding hydrogens is 334 g/mol. The van der Waals surface area contributed by atoms with Crippen molar-refractivity contribution < 1.29 is 4.74 Å². The minimum absolute atomic E-state index is 0.746. The molecule has 0 saturated carbocycles. The van der Waals surface area contributed by atoms with E-state index >= 15 is 0 Å². The summed E-state index contributed by atoms with van der Waals surface area (Å²) in [6.07, 6.45) is 4.05. The number of ether oxygens (including phenoxy) is 1. The number of benzene rings is 1. The third kappa shape index (κ3) is 3.10. The van der Waals surface area contributed by atoms with Gasteiger partial charge in [-0.05, 0) is 36.4 Å². The van der Waals surface area contributed by atoms with Gasteiger partial charge in [0.2, 0.25) is 0 Å². The van der Waals surface area contributed by atoms with Gasteiger partial charge in [0.25, 0.3) is 0 Å². The van der Waals surface area contributed by atoms with Gasteiger partial charge in [0, 0.05) is 30.8 Å². The lowest BCUT2D eigenvalue weighted by Crippen LogP contribution is -1.95. The maximum absolute atomic E-state index is 5.20. The summed E-state index contributed by atoms with van der Waals surface area (Å²) >= 11 is 1.63. The highest BCUT2D eigenvalue weighted by Crippen LogP contribution is 2.26. The molecule has 4 aromatic rings. The first-order valence-electron chi connectivity index (χ1n) is 7.84. The Hall–Kier alpha value is -2.80. The number of hydrogen-bond acceptors (Lipinski definition) is 5. The van der Waals surface area contributed by atoms with E-state index in [-0.39, 0.29) is 0 Å². The second-order valence-electron chi connectivity index (χ2n) is 5.58. The van der Waals surface area contributed by atoms with Crippen LogP contribution >= 0.6 is 11.8 Å². The van der Waals surface area contributed by atoms with Crippen LogP contribution in [0.15, 0.2) is 60.0 Å². The van der Waals surface area contributed by atoms with Gasteiger partial charge in [-0.2, -0.15) is 0 Å². The van der Waals surface area contributed by atoms with Gasteiger partial charge in [0.05, 0.1) is 12.8 Å². The minimum Gasteiger partial charge on any atom is -0.497 e. The van der Waals surface area contributed by atoms with Gasteiger partial charge in [-0.25, -0.2) is 4.98 Å². The molecule has 0 N–H and O–H groups in total. The number of rotatable bonds is 5. The maximum atomic E-state index is 5.20. The standard InChI is InChI=1S/C18H17N5OS/c1-22-17(13-6-8-15(24-2)9-7-13)20-21-18(22)25-12-14-11-23-10-4-3-5-16(23)19-14/h3-11H,12H2,1-2H3. The average molecular weight is 351 g/mol. The van der Waals surface area contributed by atoms with Crippen molar-refractivity contribution >= 4 is 17.4 Å². The molecule has 3 heterocycles. The van der Waals surface area contributed by atoms with Crippen LogP contribution in [0.3, 0.4) is 0 Å². The minimum atomic E-state index is 0.746. The molecule has 0 atom stereocenters. The Labute approximate surface area is 149 Å². The zero-order valence-electron chi connectivity index (χ0n) is 14.0. The van der Waals surface area contributed by atoms with Crippen molar-refractivity contribution in [2.45, 2.75) is 10.9 Å². The van der Waals surface area contributed by atoms with E-state index in [1.54, 1.807) is 18.9 Å². The van der Waals surface area contributed by atoms with Crippen molar-refractivity contribution in [2.75, 3.05) is 7.11 Å². The Morgan fingerprint density at radius 1 is 1.08 bits per heavy atom. The molecule has 0 amide bonds. The fraction of sp³-hybridized carbons (Fsp3) is 0.167. The van der Waals surface area contributed by atoms with Crippen LogP contribution in [-0.4, -0.2) is 31.3 Å². The molecule has 0 spiro atoms. The van der Waals surface area contributed by atoms with Crippen LogP contribution in [0.25, 0.3) is 17.0 Å². The van der Waals surface area contributed by atoms with Crippen LogP contribution in [0, 0.1) is 0 Å². The van der Waals surface area contributed by atoms with Crippen LogP contribution in [0.4, 0.5) is 0 Å². The zero-order valence-corrected chi connectivity index (χ0v) is 14.8. The Morgan fingerprint density at radius 3 is 2.68 bits per heavy atom. The quantitative estimate of drug-likeness (QED) is 0.516. The first-order valence-corrected chi connectivity index (χ1v) is 8.82. The van der Waals surface area contributed by atoms with Crippen LogP contribution in [0.1, 0.15) is 5.69 Å². The Morgan fingerprint density at radius 2 is 1.92 bits per heavy atom. The second-order valence-corrected chi connectivity index (χ2v) is 6.52. The fourth-order valence-electron chi connectivity index (χ4n) is 2.63. The number of hydrogen-bond donors (Lipinski definition) is 0. The smallest absolute Gasteiger partial charge is 0.191 e. The highest BCUT2D eigenvalue weighted by Gasteiger charge is 2.12. The number of fused-ring (bicyclic) bond motifs is 1. The number of thioether (sulfide) groups is 1. The van der Waals surface area contributed by atoms with Crippen molar-refractivity contribution in [1.82, 2.24) is 24.1 Å². The molecule has 0 radical (unpaired) electrons. The van der Waals surface area contributed by atoms with Gasteiger partial charge in [0.15, 0.2) is 11.0 Å². The van der Waals surface area contributed by atoms with Crippen molar-refractivity contribution in [3.8, 4) is 17.1 Å². The highest BCUT2D eigenvalue weighted by atomic mass is 32.2. The molecule has 0 saturated heterocycles. The molecule has 0 bridgehead atoms. The molecule has 3 aromatic heterocycles. The van der Waals surface area contributed by atoms with Crippen LogP contribution in [-0.2, 0) is 12.8 Å². The SMILES string of the molecule is COc1ccc(-c2nnc(SCc3cn4ccccc4n3)n2C)cc1. The Kier molecular flexibility index (Phi) is 4.15. The van der Waals surface area contributed by atoms with Gasteiger partial charge in [-0.3, -0.25) is 0 Å². The molecule has 6 nitrogen and oxygen atoms in total. The number of aromatic nitrogens is 5. The molecule has 126 valence electrons. The fourth-order valence-corrected chi connectivity index (χ4v) is 3.42. The van der Waals surface area contributed by atoms with Gasteiger partial charge in [-0.15, -0.1) is 10.2 Å². The number of nitrogens with zero attached hydrogens (tertiary/aromatic N) is 5. The summed E-state index contributed by atoms with van der Waals surface area (Å²) < 4.78 is 9.22. The largest absolute Gasteiger partial charge is 0.497 e. The summed E-state index contributed by atoms with van der Waals surface area (Å²) in [6.45, 7) is 0. The normalized spacial score (nSPS) is 11.1. The molecule has 7 heteroatoms. The predicted molar refractivity (Wildman–Crippen MR) is 97.7 cm³/mol. The van der Waals surface area contributed by atoms with E-state index in [9.17, 15) is 0 Å². The molecule has 0 aliphatic heterocycles. The number of imidazole rings is 1. The van der Waals surface area contributed by atoms with Gasteiger partial charge >= 0.3 is 0 Å². The van der Waals surface area contributed by atoms with Crippen LogP contribution < -0.4 is 4.74 Å². The summed E-state index contributed by atoms with van der Waals surface area (Å²) in [5, 5.41) is 9.50. The van der Waals surface area contributed by atoms with Crippen molar-refractivity contribution in [3.63, 3.8) is 0 Å². The Balaban J connectivity index is 1.52. The van der Waals surface area contributed by atoms with Gasteiger partial charge in [-0.1, -0.05) is 17.8 Å². The lowest BCUT2D eigenvalue weighted by molar-refractivity contribution is 0.415. The topological polar surface area (TPSA) is 57.2 Å². The molecule has 0 fully saturated rings. The molecule has 0 aliphatic carbocycles. The molecule has 0 aliphatic rings. The summed E-state index contributed by atoms with van der Waals surface area (Å²) in [4.78, 5) is 4.61. The molecular formula is C18H17N5OS. The first kappa shape index (κ1) is 15.7. The van der Waals surface area contributed by atoms with Gasteiger partial charge in [0.1, 0.15) is 11.4 Å². The zero-order chi connectivity index (χ0) is 17.2. The third-order valence-corrected chi connectivity index (χ3v) is 5.00. The highest BCUT2D eigenvalue weighted by molar-refractivity contribution is 7.98. The van der Waals surface area contributed by atoms with E-state index in [1.165, 1.54) is 0 Å². The third-order valence-electron chi connectivity index (χ3n) is 3.95. The van der Waals surface area contributed by atoms with E-state index in [1.807, 2.05) is 70.9 Å². The van der Waals surface area contributed by atoms with E-state index < -0.39 is 0 Å². The van der Waals surface area contributed by atoms with E-state index in [0.717, 1.165) is 39.4 Å². The summed E-state index contributed by atoms with van der Waals surface area (Å²) in [7, 11) is 3.64. The Bertz CT molecular complexity index is 973. The lowest BCUT2D eigenvalue weighted by atomic mass is 10.2. The van der Waals surface area contributed by atoms with Crippen LogP contribution in [0.5, 0.6) is 5.75 Å². The second kappa shape index (κ2) is 6.60. The molecule has 25 heavy (non-hydrogen) atoms. The first-order chi connectivity index (χ1) is 12.2. The van der Waals surface area contributed by atoms with E-state index in [0.29, 0.717) is 0 Å². The number of pyridine rings is 1. The maximum Gasteiger partial charge on any atom is 0.191 e. The lowest BCUT2D eigenvalue weighted by Gasteiger charge is -2.04.